The molecular formula is H3BO3Tl4. The van der Waals surface area contributed by atoms with E-state index in [0.29, 0.717) is 0 Å². The Morgan fingerprint density at radius 3 is 0.625 bits per heavy atom. The van der Waals surface area contributed by atoms with Gasteiger partial charge in [-0.25, -0.2) is 0 Å². The molecule has 0 aliphatic heterocycles. The van der Waals surface area contributed by atoms with E-state index in [0.717, 1.165) is 0 Å². The maximum atomic E-state index is 7.17. The van der Waals surface area contributed by atoms with Crippen LogP contribution in [0.2, 0.25) is 0 Å². The van der Waals surface area contributed by atoms with Crippen LogP contribution in [0.15, 0.2) is 0 Å². The molecule has 0 heterocycles. The smallest absolute Gasteiger partial charge is 0.402 e. The molecule has 0 amide bonds. The normalized spacial score (nSPS) is 3.38. The molecule has 36 valence electrons. The van der Waals surface area contributed by atoms with Crippen LogP contribution in [0.4, 0.5) is 0 Å². The maximum Gasteiger partial charge on any atom is 0.631 e. The molecule has 0 spiro atoms. The zero-order chi connectivity index (χ0) is 3.58. The second-order valence-electron chi connectivity index (χ2n) is 0.346. The van der Waals surface area contributed by atoms with Gasteiger partial charge in [0.1, 0.15) is 0 Å². The Kier molecular flexibility index (Phi) is 83.8. The predicted octanol–water partition coefficient (Wildman–Crippen LogP) is -3.57. The summed E-state index contributed by atoms with van der Waals surface area (Å²) in [5.41, 5.74) is 0. The Labute approximate surface area is 129 Å². The SMILES string of the molecule is OB(O)O.[Tl].[Tl].[Tl].[Tl]. The predicted molar refractivity (Wildman–Crippen MR) is 35.4 cm³/mol. The quantitative estimate of drug-likeness (QED) is 0.221. The van der Waals surface area contributed by atoms with Crippen LogP contribution < -0.4 is 0 Å². The first-order valence-electron chi connectivity index (χ1n) is 0.775. The summed E-state index contributed by atoms with van der Waals surface area (Å²) in [5, 5.41) is 21.5. The minimum Gasteiger partial charge on any atom is -0.402 e. The Morgan fingerprint density at radius 1 is 0.625 bits per heavy atom. The van der Waals surface area contributed by atoms with Crippen LogP contribution in [0.5, 0.6) is 0 Å². The molecular weight excluding hydrogens is 876 g/mol. The van der Waals surface area contributed by atoms with Crippen LogP contribution in [-0.4, -0.2) is 132 Å². The molecule has 3 N–H and O–H groups in total. The van der Waals surface area contributed by atoms with Gasteiger partial charge in [-0.05, 0) is 0 Å². The van der Waals surface area contributed by atoms with E-state index in [4.69, 9.17) is 15.1 Å². The van der Waals surface area contributed by atoms with E-state index in [2.05, 4.69) is 0 Å². The van der Waals surface area contributed by atoms with E-state index in [1.165, 1.54) is 0 Å². The third-order valence-electron chi connectivity index (χ3n) is 0. The molecule has 0 aromatic heterocycles. The fourth-order valence-corrected chi connectivity index (χ4v) is 0. The summed E-state index contributed by atoms with van der Waals surface area (Å²) in [6.45, 7) is 0. The van der Waals surface area contributed by atoms with Crippen molar-refractivity contribution in [3.63, 3.8) is 0 Å². The largest absolute Gasteiger partial charge is 0.631 e. The fourth-order valence-electron chi connectivity index (χ4n) is 0. The van der Waals surface area contributed by atoms with Crippen molar-refractivity contribution in [3.05, 3.63) is 0 Å². The molecule has 0 aliphatic rings. The zero-order valence-electron chi connectivity index (χ0n) is 4.23. The number of hydrogen-bond acceptors (Lipinski definition) is 3. The van der Waals surface area contributed by atoms with Gasteiger partial charge in [0.2, 0.25) is 0 Å². The van der Waals surface area contributed by atoms with Crippen LogP contribution in [0.3, 0.4) is 0 Å². The van der Waals surface area contributed by atoms with Gasteiger partial charge >= 0.3 is 7.32 Å². The van der Waals surface area contributed by atoms with Gasteiger partial charge in [0.25, 0.3) is 0 Å². The van der Waals surface area contributed by atoms with Crippen molar-refractivity contribution in [1.82, 2.24) is 0 Å². The molecule has 0 unspecified atom stereocenters. The van der Waals surface area contributed by atoms with Crippen molar-refractivity contribution in [1.29, 1.82) is 0 Å². The average Bonchev–Trinajstić information content (AvgIpc) is 0.811. The van der Waals surface area contributed by atoms with Gasteiger partial charge < -0.3 is 15.1 Å². The van der Waals surface area contributed by atoms with Crippen LogP contribution in [0.25, 0.3) is 0 Å². The number of rotatable bonds is 0. The minimum atomic E-state index is -2.17. The molecule has 0 atom stereocenters. The van der Waals surface area contributed by atoms with E-state index < -0.39 is 7.32 Å². The topological polar surface area (TPSA) is 60.7 Å². The van der Waals surface area contributed by atoms with E-state index in [1.807, 2.05) is 0 Å². The van der Waals surface area contributed by atoms with Gasteiger partial charge in [0, 0.05) is 109 Å². The molecule has 0 bridgehead atoms. The summed E-state index contributed by atoms with van der Waals surface area (Å²) in [6.07, 6.45) is 0. The van der Waals surface area contributed by atoms with E-state index in [9.17, 15) is 0 Å². The maximum absolute atomic E-state index is 7.17. The molecule has 3 nitrogen and oxygen atoms in total. The summed E-state index contributed by atoms with van der Waals surface area (Å²) < 4.78 is 0. The molecule has 4 radical (unpaired) electrons. The zero-order valence-corrected chi connectivity index (χ0v) is 22.2. The van der Waals surface area contributed by atoms with Gasteiger partial charge in [-0.1, -0.05) is 0 Å². The summed E-state index contributed by atoms with van der Waals surface area (Å²) in [7, 11) is -2.17. The third-order valence-corrected chi connectivity index (χ3v) is 0. The molecule has 8 heavy (non-hydrogen) atoms. The molecule has 0 aromatic carbocycles. The van der Waals surface area contributed by atoms with E-state index in [1.54, 1.807) is 0 Å². The average molecular weight is 879 g/mol. The Balaban J connectivity index is -0.00000000750. The third kappa shape index (κ3) is 54.4. The van der Waals surface area contributed by atoms with E-state index in [-0.39, 0.29) is 109 Å². The van der Waals surface area contributed by atoms with Crippen molar-refractivity contribution in [3.8, 4) is 0 Å². The van der Waals surface area contributed by atoms with Crippen molar-refractivity contribution >= 4 is 117 Å². The van der Waals surface area contributed by atoms with Gasteiger partial charge in [0.15, 0.2) is 0 Å². The van der Waals surface area contributed by atoms with Crippen molar-refractivity contribution in [2.24, 2.45) is 0 Å². The van der Waals surface area contributed by atoms with Gasteiger partial charge in [-0.3, -0.25) is 0 Å². The second kappa shape index (κ2) is 22.4. The summed E-state index contributed by atoms with van der Waals surface area (Å²) in [6, 6.07) is 0. The minimum absolute atomic E-state index is 0. The van der Waals surface area contributed by atoms with Crippen LogP contribution in [-0.2, 0) is 0 Å². The van der Waals surface area contributed by atoms with Crippen LogP contribution in [0.1, 0.15) is 0 Å². The second-order valence-corrected chi connectivity index (χ2v) is 0.346. The summed E-state index contributed by atoms with van der Waals surface area (Å²) in [4.78, 5) is 0. The van der Waals surface area contributed by atoms with Crippen LogP contribution >= 0.6 is 0 Å². The first-order chi connectivity index (χ1) is 1.73. The van der Waals surface area contributed by atoms with Gasteiger partial charge in [0.05, 0.1) is 0 Å². The molecule has 8 heteroatoms. The van der Waals surface area contributed by atoms with Crippen molar-refractivity contribution in [2.75, 3.05) is 0 Å². The van der Waals surface area contributed by atoms with Crippen LogP contribution in [0, 0.1) is 0 Å². The standard InChI is InChI=1S/BH3O3.4Tl/c2-1(3)4;;;;/h2-4H;;;;. The first kappa shape index (κ1) is 29.9. The molecule has 0 aromatic rings. The fraction of sp³-hybridized carbons (Fsp3) is 0. The van der Waals surface area contributed by atoms with Gasteiger partial charge in [-0.15, -0.1) is 0 Å². The Morgan fingerprint density at radius 2 is 0.625 bits per heavy atom. The summed E-state index contributed by atoms with van der Waals surface area (Å²) in [5.74, 6) is 0. The summed E-state index contributed by atoms with van der Waals surface area (Å²) >= 11 is 0. The molecule has 0 fully saturated rings. The Bertz CT molecular complexity index is 16.0. The molecule has 0 saturated heterocycles. The van der Waals surface area contributed by atoms with E-state index >= 15 is 0 Å². The monoisotopic (exact) mass is 882 g/mol. The Hall–Kier alpha value is 3.63. The first-order valence-corrected chi connectivity index (χ1v) is 0.775. The molecule has 0 aliphatic carbocycles. The van der Waals surface area contributed by atoms with Crippen molar-refractivity contribution < 1.29 is 15.1 Å². The van der Waals surface area contributed by atoms with Crippen molar-refractivity contribution in [2.45, 2.75) is 0 Å². The molecule has 0 saturated carbocycles. The van der Waals surface area contributed by atoms with Gasteiger partial charge in [-0.2, -0.15) is 0 Å². The molecule has 0 rings (SSSR count). The number of hydrogen-bond donors (Lipinski definition) is 3.